The fourth-order valence-electron chi connectivity index (χ4n) is 1.78. The van der Waals surface area contributed by atoms with Gasteiger partial charge in [-0.05, 0) is 25.0 Å². The van der Waals surface area contributed by atoms with Crippen LogP contribution in [0.1, 0.15) is 18.5 Å². The van der Waals surface area contributed by atoms with E-state index in [1.807, 2.05) is 0 Å². The van der Waals surface area contributed by atoms with E-state index in [4.69, 9.17) is 5.73 Å². The molecule has 0 aliphatic rings. The fourth-order valence-corrected chi connectivity index (χ4v) is 3.83. The van der Waals surface area contributed by atoms with E-state index >= 15 is 0 Å². The molecule has 23 heavy (non-hydrogen) atoms. The monoisotopic (exact) mass is 361 g/mol. The maximum absolute atomic E-state index is 13.6. The van der Waals surface area contributed by atoms with Gasteiger partial charge in [-0.2, -0.15) is 0 Å². The topological polar surface area (TPSA) is 102 Å². The molecule has 124 valence electrons. The van der Waals surface area contributed by atoms with E-state index in [-0.39, 0.29) is 11.6 Å². The molecule has 0 bridgehead atoms. The van der Waals surface area contributed by atoms with Crippen LogP contribution in [0.5, 0.6) is 0 Å². The van der Waals surface area contributed by atoms with Crippen molar-refractivity contribution >= 4 is 32.4 Å². The van der Waals surface area contributed by atoms with Crippen LogP contribution in [0.2, 0.25) is 0 Å². The second kappa shape index (κ2) is 7.01. The molecule has 1 heterocycles. The second-order valence-electron chi connectivity index (χ2n) is 4.64. The molecule has 1 amide bonds. The van der Waals surface area contributed by atoms with E-state index in [0.29, 0.717) is 24.6 Å². The Kier molecular flexibility index (Phi) is 5.26. The highest BCUT2D eigenvalue weighted by Crippen LogP contribution is 2.23. The van der Waals surface area contributed by atoms with Crippen molar-refractivity contribution in [1.29, 1.82) is 0 Å². The van der Waals surface area contributed by atoms with Gasteiger partial charge in [0.15, 0.2) is 5.13 Å². The van der Waals surface area contributed by atoms with Gasteiger partial charge in [0.2, 0.25) is 5.91 Å². The number of amides is 1. The summed E-state index contributed by atoms with van der Waals surface area (Å²) in [5.74, 6) is -2.48. The van der Waals surface area contributed by atoms with Gasteiger partial charge in [0.05, 0.1) is 5.69 Å². The van der Waals surface area contributed by atoms with Crippen molar-refractivity contribution < 1.29 is 22.0 Å². The van der Waals surface area contributed by atoms with E-state index in [1.54, 1.807) is 5.38 Å². The number of carbonyl (C=O) groups excluding carboxylic acids is 1. The molecule has 0 fully saturated rings. The first kappa shape index (κ1) is 17.3. The van der Waals surface area contributed by atoms with E-state index in [2.05, 4.69) is 9.71 Å². The van der Waals surface area contributed by atoms with E-state index < -0.39 is 32.5 Å². The van der Waals surface area contributed by atoms with E-state index in [1.165, 1.54) is 0 Å². The third-order valence-electron chi connectivity index (χ3n) is 2.81. The van der Waals surface area contributed by atoms with Gasteiger partial charge in [0.1, 0.15) is 16.5 Å². The number of hydrogen-bond acceptors (Lipinski definition) is 5. The van der Waals surface area contributed by atoms with E-state index in [0.717, 1.165) is 23.5 Å². The highest BCUT2D eigenvalue weighted by Gasteiger charge is 2.21. The van der Waals surface area contributed by atoms with Gasteiger partial charge in [-0.3, -0.25) is 9.52 Å². The molecule has 2 rings (SSSR count). The maximum Gasteiger partial charge on any atom is 0.266 e. The summed E-state index contributed by atoms with van der Waals surface area (Å²) in [6.45, 7) is 0. The number of rotatable bonds is 7. The second-order valence-corrected chi connectivity index (χ2v) is 7.15. The lowest BCUT2D eigenvalue weighted by Crippen LogP contribution is -2.14. The number of nitrogens with one attached hydrogen (secondary N) is 1. The molecule has 0 saturated heterocycles. The summed E-state index contributed by atoms with van der Waals surface area (Å²) < 4.78 is 52.7. The molecule has 6 nitrogen and oxygen atoms in total. The highest BCUT2D eigenvalue weighted by molar-refractivity contribution is 7.93. The standard InChI is InChI=1S/C13H13F2N3O3S2/c14-8-4-5-11(10(15)6-8)23(20,21)18-13-17-9(7-22-13)2-1-3-12(16)19/h4-7H,1-3H2,(H2,16,19)(H,17,18). The van der Waals surface area contributed by atoms with Gasteiger partial charge in [-0.15, -0.1) is 11.3 Å². The van der Waals surface area contributed by atoms with Crippen LogP contribution >= 0.6 is 11.3 Å². The maximum atomic E-state index is 13.6. The number of nitrogens with zero attached hydrogens (tertiary/aromatic N) is 1. The minimum absolute atomic E-state index is 0.0581. The largest absolute Gasteiger partial charge is 0.370 e. The number of aryl methyl sites for hydroxylation is 1. The molecule has 0 spiro atoms. The smallest absolute Gasteiger partial charge is 0.266 e. The number of aromatic nitrogens is 1. The number of halogens is 2. The number of anilines is 1. The third-order valence-corrected chi connectivity index (χ3v) is 5.12. The predicted octanol–water partition coefficient (Wildman–Crippen LogP) is 2.03. The molecule has 10 heteroatoms. The van der Waals surface area contributed by atoms with Gasteiger partial charge in [0.25, 0.3) is 10.0 Å². The zero-order valence-corrected chi connectivity index (χ0v) is 13.4. The van der Waals surface area contributed by atoms with Gasteiger partial charge in [-0.25, -0.2) is 22.2 Å². The van der Waals surface area contributed by atoms with Gasteiger partial charge in [0, 0.05) is 17.9 Å². The van der Waals surface area contributed by atoms with Crippen molar-refractivity contribution in [2.24, 2.45) is 5.73 Å². The van der Waals surface area contributed by atoms with Crippen LogP contribution in [0, 0.1) is 11.6 Å². The Morgan fingerprint density at radius 3 is 2.74 bits per heavy atom. The van der Waals surface area contributed by atoms with Crippen LogP contribution in [-0.2, 0) is 21.2 Å². The van der Waals surface area contributed by atoms with Crippen molar-refractivity contribution in [3.63, 3.8) is 0 Å². The van der Waals surface area contributed by atoms with Crippen molar-refractivity contribution in [1.82, 2.24) is 4.98 Å². The summed E-state index contributed by atoms with van der Waals surface area (Å²) in [4.78, 5) is 14.0. The van der Waals surface area contributed by atoms with Crippen molar-refractivity contribution in [2.75, 3.05) is 4.72 Å². The Balaban J connectivity index is 2.09. The first-order chi connectivity index (χ1) is 10.8. The van der Waals surface area contributed by atoms with E-state index in [9.17, 15) is 22.0 Å². The number of primary amides is 1. The Hall–Kier alpha value is -2.07. The summed E-state index contributed by atoms with van der Waals surface area (Å²) in [6, 6.07) is 2.19. The average Bonchev–Trinajstić information content (AvgIpc) is 2.84. The van der Waals surface area contributed by atoms with Gasteiger partial charge >= 0.3 is 0 Å². The number of hydrogen-bond donors (Lipinski definition) is 2. The van der Waals surface area contributed by atoms with Gasteiger partial charge < -0.3 is 5.73 Å². The molecule has 0 aliphatic heterocycles. The lowest BCUT2D eigenvalue weighted by Gasteiger charge is -2.06. The van der Waals surface area contributed by atoms with Crippen molar-refractivity contribution in [3.05, 3.63) is 40.9 Å². The minimum atomic E-state index is -4.20. The molecule has 0 radical (unpaired) electrons. The van der Waals surface area contributed by atoms with Crippen molar-refractivity contribution in [3.8, 4) is 0 Å². The molecule has 1 aromatic carbocycles. The molecule has 0 atom stereocenters. The molecule has 1 aromatic heterocycles. The first-order valence-electron chi connectivity index (χ1n) is 6.48. The number of nitrogens with two attached hydrogens (primary N) is 1. The van der Waals surface area contributed by atoms with Crippen LogP contribution in [0.4, 0.5) is 13.9 Å². The van der Waals surface area contributed by atoms with Gasteiger partial charge in [-0.1, -0.05) is 0 Å². The molecular formula is C13H13F2N3O3S2. The number of thiazole rings is 1. The Labute approximate surface area is 135 Å². The summed E-state index contributed by atoms with van der Waals surface area (Å²) >= 11 is 1.02. The lowest BCUT2D eigenvalue weighted by molar-refractivity contribution is -0.118. The predicted molar refractivity (Wildman–Crippen MR) is 81.4 cm³/mol. The zero-order valence-electron chi connectivity index (χ0n) is 11.8. The average molecular weight is 361 g/mol. The minimum Gasteiger partial charge on any atom is -0.370 e. The molecule has 2 aromatic rings. The molecule has 3 N–H and O–H groups in total. The highest BCUT2D eigenvalue weighted by atomic mass is 32.2. The van der Waals surface area contributed by atoms with Crippen LogP contribution in [0.15, 0.2) is 28.5 Å². The SMILES string of the molecule is NC(=O)CCCc1csc(NS(=O)(=O)c2ccc(F)cc2F)n1. The third kappa shape index (κ3) is 4.70. The number of benzene rings is 1. The quantitative estimate of drug-likeness (QED) is 0.788. The van der Waals surface area contributed by atoms with Crippen LogP contribution in [0.3, 0.4) is 0 Å². The zero-order chi connectivity index (χ0) is 17.0. The Morgan fingerprint density at radius 1 is 1.35 bits per heavy atom. The molecule has 0 saturated carbocycles. The Morgan fingerprint density at radius 2 is 2.09 bits per heavy atom. The number of carbonyl (C=O) groups is 1. The number of sulfonamides is 1. The molecule has 0 unspecified atom stereocenters. The fraction of sp³-hybridized carbons (Fsp3) is 0.231. The summed E-state index contributed by atoms with van der Waals surface area (Å²) in [6.07, 6.45) is 1.17. The van der Waals surface area contributed by atoms with Crippen LogP contribution in [-0.4, -0.2) is 19.3 Å². The summed E-state index contributed by atoms with van der Waals surface area (Å²) in [5, 5.41) is 1.68. The molecular weight excluding hydrogens is 348 g/mol. The van der Waals surface area contributed by atoms with Crippen LogP contribution in [0.25, 0.3) is 0 Å². The summed E-state index contributed by atoms with van der Waals surface area (Å²) in [5.41, 5.74) is 5.61. The summed E-state index contributed by atoms with van der Waals surface area (Å²) in [7, 11) is -4.20. The molecule has 0 aliphatic carbocycles. The normalized spacial score (nSPS) is 11.4. The Bertz CT molecular complexity index is 822. The lowest BCUT2D eigenvalue weighted by atomic mass is 10.2. The van der Waals surface area contributed by atoms with Crippen LogP contribution < -0.4 is 10.5 Å². The first-order valence-corrected chi connectivity index (χ1v) is 8.85. The van der Waals surface area contributed by atoms with Crippen molar-refractivity contribution in [2.45, 2.75) is 24.2 Å².